The molecular weight excluding hydrogens is 745 g/mol. The molecule has 5 heterocycles. The van der Waals surface area contributed by atoms with E-state index in [0.29, 0.717) is 55.5 Å². The van der Waals surface area contributed by atoms with E-state index in [-0.39, 0.29) is 37.1 Å². The summed E-state index contributed by atoms with van der Waals surface area (Å²) in [6.07, 6.45) is 1.64. The number of rotatable bonds is 4. The fraction of sp³-hybridized carbons (Fsp3) is 0.300. The summed E-state index contributed by atoms with van der Waals surface area (Å²) >= 11 is 0. The van der Waals surface area contributed by atoms with Gasteiger partial charge in [-0.3, -0.25) is 0 Å². The van der Waals surface area contributed by atoms with Gasteiger partial charge in [0.2, 0.25) is 5.71 Å². The van der Waals surface area contributed by atoms with Crippen LogP contribution in [0.2, 0.25) is 0 Å². The van der Waals surface area contributed by atoms with Crippen LogP contribution in [0.1, 0.15) is 77.6 Å². The molecule has 7 aromatic rings. The topological polar surface area (TPSA) is 64.7 Å². The van der Waals surface area contributed by atoms with Gasteiger partial charge in [-0.05, 0) is 70.4 Å². The Morgan fingerprint density at radius 2 is 1.59 bits per heavy atom. The summed E-state index contributed by atoms with van der Waals surface area (Å²) in [5.74, 6) is 0. The Balaban J connectivity index is 0.000000223. The normalized spacial score (nSPS) is 16.3. The van der Waals surface area contributed by atoms with Gasteiger partial charge < -0.3 is 19.4 Å². The summed E-state index contributed by atoms with van der Waals surface area (Å²) in [7, 11) is 0. The van der Waals surface area contributed by atoms with E-state index < -0.39 is 37.3 Å². The fourth-order valence-corrected chi connectivity index (χ4v) is 5.08. The Hall–Kier alpha value is -3.99. The molecule has 0 atom stereocenters. The molecule has 0 aliphatic rings. The molecule has 0 spiro atoms. The average Bonchev–Trinajstić information content (AvgIpc) is 3.50. The van der Waals surface area contributed by atoms with Crippen LogP contribution in [0.25, 0.3) is 55.5 Å². The number of hydrogen-bond acceptors (Lipinski definition) is 5. The number of aromatic nitrogens is 4. The minimum Gasteiger partial charge on any atom is -0.486 e. The second-order valence-electron chi connectivity index (χ2n) is 13.0. The van der Waals surface area contributed by atoms with Crippen molar-refractivity contribution in [3.8, 4) is 22.5 Å². The van der Waals surface area contributed by atoms with Crippen molar-refractivity contribution in [3.05, 3.63) is 108 Å². The maximum atomic E-state index is 8.60. The third kappa shape index (κ3) is 7.51. The van der Waals surface area contributed by atoms with Gasteiger partial charge in [0.1, 0.15) is 0 Å². The first-order valence-electron chi connectivity index (χ1n) is 19.6. The zero-order valence-electron chi connectivity index (χ0n) is 36.5. The van der Waals surface area contributed by atoms with E-state index >= 15 is 0 Å². The monoisotopic (exact) mass is 795 g/mol. The Kier molecular flexibility index (Phi) is 6.37. The number of hydrogen-bond donors (Lipinski definition) is 0. The predicted molar refractivity (Wildman–Crippen MR) is 184 cm³/mol. The first-order chi connectivity index (χ1) is 25.3. The first-order valence-corrected chi connectivity index (χ1v) is 14.6. The molecule has 6 heteroatoms. The minimum atomic E-state index is -2.37. The van der Waals surface area contributed by atoms with Gasteiger partial charge in [-0.15, -0.1) is 47.5 Å². The number of aryl methyl sites for hydroxylation is 2. The second-order valence-corrected chi connectivity index (χ2v) is 13.0. The van der Waals surface area contributed by atoms with E-state index in [1.807, 2.05) is 41.5 Å². The van der Waals surface area contributed by atoms with Gasteiger partial charge in [-0.2, -0.15) is 0 Å². The van der Waals surface area contributed by atoms with Crippen molar-refractivity contribution in [2.45, 2.75) is 68.0 Å². The number of furan rings is 1. The van der Waals surface area contributed by atoms with Crippen LogP contribution in [-0.4, -0.2) is 19.9 Å². The molecule has 0 saturated heterocycles. The van der Waals surface area contributed by atoms with Gasteiger partial charge in [0.05, 0.1) is 5.58 Å². The quantitative estimate of drug-likeness (QED) is 0.131. The SMILES string of the molecule is [2H]C([2H])([2H])c1c[c-]c(-c2ccc(C([2H])([2H])C(C)(C)C)cn2)cc1.[2H]C([2H])([2H])c1cc2cnc3c[c-]c(-c4cc(C([2H])([2H])C(C)(C)C)ccn4)c4oc(n1)c2c34.[Ir]. The number of nitrogens with zero attached hydrogens (tertiary/aromatic N) is 4. The molecule has 0 aliphatic carbocycles. The molecule has 7 rings (SSSR count). The van der Waals surface area contributed by atoms with Crippen molar-refractivity contribution in [2.24, 2.45) is 10.8 Å². The first kappa shape index (κ1) is 22.5. The van der Waals surface area contributed by atoms with Crippen LogP contribution in [0, 0.1) is 36.7 Å². The van der Waals surface area contributed by atoms with E-state index in [4.69, 9.17) is 18.1 Å². The molecule has 2 aromatic carbocycles. The van der Waals surface area contributed by atoms with Crippen LogP contribution < -0.4 is 0 Å². The largest absolute Gasteiger partial charge is 0.486 e. The van der Waals surface area contributed by atoms with Crippen molar-refractivity contribution >= 4 is 33.0 Å². The van der Waals surface area contributed by atoms with Crippen LogP contribution in [0.15, 0.2) is 77.6 Å². The van der Waals surface area contributed by atoms with Gasteiger partial charge in [0, 0.05) is 68.9 Å². The Morgan fingerprint density at radius 1 is 0.783 bits per heavy atom. The fourth-order valence-electron chi connectivity index (χ4n) is 5.08. The van der Waals surface area contributed by atoms with Crippen LogP contribution in [-0.2, 0) is 32.9 Å². The third-order valence-corrected chi connectivity index (χ3v) is 6.78. The molecular formula is C40H40IrN4O-2. The molecule has 0 aliphatic heterocycles. The molecule has 0 unspecified atom stereocenters. The van der Waals surface area contributed by atoms with Gasteiger partial charge in [-0.25, -0.2) is 4.98 Å². The second kappa shape index (κ2) is 13.0. The Labute approximate surface area is 299 Å². The standard InChI is InChI=1S/C23H20N3O.C17H20N.Ir/c1-13-9-15-12-25-17-6-5-16(21-20(17)19(15)22(26-13)27-21)18-10-14(7-8-24-18)11-23(2,3)4;1-13-5-8-15(9-6-13)16-10-7-14(12-18-16)11-17(2,3)4;/h6-10,12H,11H2,1-4H3;5-8,10,12H,11H2,1-4H3;/q2*-1;/i2*1D3,11D2;. The molecule has 0 amide bonds. The van der Waals surface area contributed by atoms with E-state index in [2.05, 4.69) is 32.1 Å². The summed E-state index contributed by atoms with van der Waals surface area (Å²) in [6.45, 7) is 6.59. The van der Waals surface area contributed by atoms with Crippen molar-refractivity contribution in [3.63, 3.8) is 0 Å². The molecule has 0 N–H and O–H groups in total. The molecule has 46 heavy (non-hydrogen) atoms. The summed E-state index contributed by atoms with van der Waals surface area (Å²) in [5, 5.41) is 2.06. The number of pyridine rings is 4. The Morgan fingerprint density at radius 3 is 2.26 bits per heavy atom. The van der Waals surface area contributed by atoms with Crippen molar-refractivity contribution < 1.29 is 38.2 Å². The van der Waals surface area contributed by atoms with Crippen LogP contribution in [0.5, 0.6) is 0 Å². The van der Waals surface area contributed by atoms with Gasteiger partial charge in [-0.1, -0.05) is 77.7 Å². The van der Waals surface area contributed by atoms with E-state index in [0.717, 1.165) is 5.39 Å². The molecule has 5 aromatic heterocycles. The van der Waals surface area contributed by atoms with Crippen LogP contribution in [0.4, 0.5) is 0 Å². The zero-order valence-corrected chi connectivity index (χ0v) is 28.9. The summed E-state index contributed by atoms with van der Waals surface area (Å²) in [5.41, 5.74) is 3.75. The van der Waals surface area contributed by atoms with Crippen molar-refractivity contribution in [1.82, 2.24) is 19.9 Å². The molecule has 0 fully saturated rings. The van der Waals surface area contributed by atoms with Crippen LogP contribution >= 0.6 is 0 Å². The average molecular weight is 795 g/mol. The van der Waals surface area contributed by atoms with Crippen LogP contribution in [0.3, 0.4) is 0 Å². The zero-order chi connectivity index (χ0) is 40.5. The summed E-state index contributed by atoms with van der Waals surface area (Å²) < 4.78 is 85.0. The van der Waals surface area contributed by atoms with E-state index in [1.165, 1.54) is 18.3 Å². The molecule has 237 valence electrons. The van der Waals surface area contributed by atoms with E-state index in [9.17, 15) is 0 Å². The summed E-state index contributed by atoms with van der Waals surface area (Å²) in [4.78, 5) is 17.5. The van der Waals surface area contributed by atoms with Gasteiger partial charge >= 0.3 is 0 Å². The molecule has 1 radical (unpaired) electrons. The molecule has 5 nitrogen and oxygen atoms in total. The Bertz CT molecular complexity index is 2480. The minimum absolute atomic E-state index is 0. The summed E-state index contributed by atoms with van der Waals surface area (Å²) in [6, 6.07) is 20.9. The number of benzene rings is 2. The smallest absolute Gasteiger partial charge is 0.217 e. The van der Waals surface area contributed by atoms with Gasteiger partial charge in [0.15, 0.2) is 0 Å². The maximum absolute atomic E-state index is 8.60. The van der Waals surface area contributed by atoms with E-state index in [1.54, 1.807) is 54.9 Å². The predicted octanol–water partition coefficient (Wildman–Crippen LogP) is 10.2. The molecule has 0 saturated carbocycles. The molecule has 0 bridgehead atoms. The maximum Gasteiger partial charge on any atom is 0.217 e. The van der Waals surface area contributed by atoms with Gasteiger partial charge in [0.25, 0.3) is 0 Å². The third-order valence-electron chi connectivity index (χ3n) is 6.78. The van der Waals surface area contributed by atoms with Crippen molar-refractivity contribution in [1.29, 1.82) is 0 Å². The van der Waals surface area contributed by atoms with Crippen molar-refractivity contribution in [2.75, 3.05) is 0 Å².